The summed E-state index contributed by atoms with van der Waals surface area (Å²) in [5, 5.41) is 16.1. The molecular weight excluding hydrogens is 232 g/mol. The molecular formula is C10H22O4Ti. The van der Waals surface area contributed by atoms with Gasteiger partial charge in [0.1, 0.15) is 0 Å². The standard InChI is InChI=1S/2C3H8O.2C2H3O.Ti/c2*1-3(2)4;2*1-2-3;/h2*3-4H,1-2H3;2*1H3;/q;;2*-1;+2. The van der Waals surface area contributed by atoms with E-state index in [1.807, 2.05) is 0 Å². The van der Waals surface area contributed by atoms with Crippen molar-refractivity contribution < 1.29 is 41.5 Å². The van der Waals surface area contributed by atoms with Crippen molar-refractivity contribution in [3.63, 3.8) is 0 Å². The van der Waals surface area contributed by atoms with Crippen molar-refractivity contribution in [1.29, 1.82) is 0 Å². The summed E-state index contributed by atoms with van der Waals surface area (Å²) < 4.78 is 0. The minimum absolute atomic E-state index is 0. The van der Waals surface area contributed by atoms with Gasteiger partial charge in [0.25, 0.3) is 0 Å². The summed E-state index contributed by atoms with van der Waals surface area (Å²) in [4.78, 5) is 17.4. The summed E-state index contributed by atoms with van der Waals surface area (Å²) in [5.41, 5.74) is 0. The Morgan fingerprint density at radius 3 is 0.800 bits per heavy atom. The zero-order valence-electron chi connectivity index (χ0n) is 10.4. The number of hydrogen-bond donors (Lipinski definition) is 2. The van der Waals surface area contributed by atoms with E-state index in [9.17, 15) is 0 Å². The molecule has 0 aliphatic heterocycles. The van der Waals surface area contributed by atoms with Crippen LogP contribution in [0.5, 0.6) is 0 Å². The molecule has 0 rings (SSSR count). The van der Waals surface area contributed by atoms with Crippen LogP contribution < -0.4 is 0 Å². The quantitative estimate of drug-likeness (QED) is 0.499. The molecule has 0 aromatic rings. The van der Waals surface area contributed by atoms with Gasteiger partial charge in [-0.15, -0.1) is 0 Å². The van der Waals surface area contributed by atoms with Crippen LogP contribution in [0.4, 0.5) is 0 Å². The Bertz CT molecular complexity index is 77.9. The summed E-state index contributed by atoms with van der Waals surface area (Å²) in [6, 6.07) is 0. The van der Waals surface area contributed by atoms with Gasteiger partial charge in [-0.05, 0) is 27.7 Å². The first-order valence-electron chi connectivity index (χ1n) is 4.23. The van der Waals surface area contributed by atoms with E-state index in [4.69, 9.17) is 19.8 Å². The number of carbonyl (C=O) groups excluding carboxylic acids is 2. The van der Waals surface area contributed by atoms with E-state index < -0.39 is 0 Å². The topological polar surface area (TPSA) is 74.6 Å². The molecule has 0 aliphatic rings. The first-order valence-corrected chi connectivity index (χ1v) is 4.23. The van der Waals surface area contributed by atoms with Crippen LogP contribution in [-0.2, 0) is 31.3 Å². The molecule has 0 fully saturated rings. The minimum Gasteiger partial charge on any atom is -0.542 e. The molecule has 4 nitrogen and oxygen atoms in total. The molecule has 0 saturated carbocycles. The number of aliphatic hydroxyl groups excluding tert-OH is 2. The molecule has 0 amide bonds. The molecule has 15 heavy (non-hydrogen) atoms. The molecule has 0 bridgehead atoms. The Kier molecular flexibility index (Phi) is 72.5. The molecule has 0 aromatic carbocycles. The molecule has 0 aromatic heterocycles. The second-order valence-corrected chi connectivity index (χ2v) is 2.60. The summed E-state index contributed by atoms with van der Waals surface area (Å²) in [6.45, 7) is 9.53. The zero-order chi connectivity index (χ0) is 12.6. The predicted octanol–water partition coefficient (Wildman–Crippen LogP) is 1.00. The van der Waals surface area contributed by atoms with E-state index in [0.29, 0.717) is 0 Å². The maximum Gasteiger partial charge on any atom is 2.00 e. The Balaban J connectivity index is -0.0000000293. The van der Waals surface area contributed by atoms with Crippen molar-refractivity contribution in [3.05, 3.63) is 0 Å². The van der Waals surface area contributed by atoms with Gasteiger partial charge >= 0.3 is 21.7 Å². The van der Waals surface area contributed by atoms with Gasteiger partial charge in [-0.2, -0.15) is 13.8 Å². The Morgan fingerprint density at radius 2 is 0.800 bits per heavy atom. The largest absolute Gasteiger partial charge is 2.00 e. The predicted molar refractivity (Wildman–Crippen MR) is 57.4 cm³/mol. The smallest absolute Gasteiger partial charge is 0.542 e. The number of rotatable bonds is 0. The van der Waals surface area contributed by atoms with Gasteiger partial charge in [0.15, 0.2) is 0 Å². The third-order valence-electron chi connectivity index (χ3n) is 0. The molecule has 0 heterocycles. The summed E-state index contributed by atoms with van der Waals surface area (Å²) in [6.07, 6.45) is 2.67. The first kappa shape index (κ1) is 29.4. The van der Waals surface area contributed by atoms with Crippen LogP contribution in [-0.4, -0.2) is 35.0 Å². The van der Waals surface area contributed by atoms with Crippen LogP contribution in [0.3, 0.4) is 0 Å². The van der Waals surface area contributed by atoms with Gasteiger partial charge in [-0.3, -0.25) is 12.6 Å². The summed E-state index contributed by atoms with van der Waals surface area (Å²) in [7, 11) is 0. The molecule has 0 unspecified atom stereocenters. The van der Waals surface area contributed by atoms with Crippen LogP contribution in [0.2, 0.25) is 0 Å². The van der Waals surface area contributed by atoms with Crippen molar-refractivity contribution in [2.45, 2.75) is 53.8 Å². The van der Waals surface area contributed by atoms with Crippen LogP contribution in [0.25, 0.3) is 0 Å². The van der Waals surface area contributed by atoms with Crippen molar-refractivity contribution in [2.24, 2.45) is 0 Å². The Labute approximate surface area is 108 Å². The van der Waals surface area contributed by atoms with Crippen LogP contribution in [0.1, 0.15) is 41.5 Å². The second-order valence-electron chi connectivity index (χ2n) is 2.60. The SMILES string of the molecule is CC(C)O.CC(C)O.C[C-]=O.C[C-]=O.[Ti+2]. The van der Waals surface area contributed by atoms with Gasteiger partial charge < -0.3 is 19.8 Å². The van der Waals surface area contributed by atoms with E-state index in [1.165, 1.54) is 26.4 Å². The third-order valence-corrected chi connectivity index (χ3v) is 0. The van der Waals surface area contributed by atoms with Gasteiger partial charge in [-0.1, -0.05) is 0 Å². The first-order chi connectivity index (χ1) is 6.29. The molecule has 5 heteroatoms. The number of hydrogen-bond acceptors (Lipinski definition) is 4. The average molecular weight is 254 g/mol. The number of aliphatic hydroxyl groups is 2. The van der Waals surface area contributed by atoms with Crippen molar-refractivity contribution in [2.75, 3.05) is 0 Å². The fourth-order valence-electron chi connectivity index (χ4n) is 0. The van der Waals surface area contributed by atoms with E-state index in [2.05, 4.69) is 0 Å². The van der Waals surface area contributed by atoms with Crippen molar-refractivity contribution in [1.82, 2.24) is 0 Å². The monoisotopic (exact) mass is 254 g/mol. The van der Waals surface area contributed by atoms with Gasteiger partial charge in [0.2, 0.25) is 0 Å². The molecule has 0 saturated heterocycles. The van der Waals surface area contributed by atoms with E-state index in [-0.39, 0.29) is 33.9 Å². The van der Waals surface area contributed by atoms with Gasteiger partial charge in [0.05, 0.1) is 0 Å². The third kappa shape index (κ3) is 3030000. The van der Waals surface area contributed by atoms with Crippen molar-refractivity contribution in [3.8, 4) is 0 Å². The van der Waals surface area contributed by atoms with Crippen molar-refractivity contribution >= 4 is 12.6 Å². The molecule has 0 atom stereocenters. The second kappa shape index (κ2) is 37.0. The van der Waals surface area contributed by atoms with E-state index >= 15 is 0 Å². The molecule has 0 radical (unpaired) electrons. The fourth-order valence-corrected chi connectivity index (χ4v) is 0. The van der Waals surface area contributed by atoms with Gasteiger partial charge in [0, 0.05) is 12.2 Å². The van der Waals surface area contributed by atoms with Gasteiger partial charge in [-0.25, -0.2) is 0 Å². The Morgan fingerprint density at radius 1 is 0.800 bits per heavy atom. The molecule has 2 N–H and O–H groups in total. The summed E-state index contributed by atoms with van der Waals surface area (Å²) in [5.74, 6) is 0. The van der Waals surface area contributed by atoms with Crippen LogP contribution in [0.15, 0.2) is 0 Å². The fraction of sp³-hybridized carbons (Fsp3) is 0.800. The maximum atomic E-state index is 8.68. The normalized spacial score (nSPS) is 6.53. The molecule has 0 spiro atoms. The van der Waals surface area contributed by atoms with E-state index in [1.54, 1.807) is 27.7 Å². The maximum absolute atomic E-state index is 8.68. The minimum atomic E-state index is -0.167. The van der Waals surface area contributed by atoms with E-state index in [0.717, 1.165) is 0 Å². The molecule has 90 valence electrons. The molecule has 0 aliphatic carbocycles. The van der Waals surface area contributed by atoms with Crippen LogP contribution in [0, 0.1) is 0 Å². The average Bonchev–Trinajstić information content (AvgIpc) is 1.85. The summed E-state index contributed by atoms with van der Waals surface area (Å²) >= 11 is 0. The van der Waals surface area contributed by atoms with Crippen LogP contribution >= 0.6 is 0 Å². The Hall–Kier alpha value is -0.0257. The zero-order valence-corrected chi connectivity index (χ0v) is 11.9.